The molecule has 0 aliphatic carbocycles. The summed E-state index contributed by atoms with van der Waals surface area (Å²) in [6, 6.07) is 8.14. The van der Waals surface area contributed by atoms with E-state index in [4.69, 9.17) is 4.74 Å². The number of likely N-dealkylation sites (tertiary alicyclic amines) is 2. The van der Waals surface area contributed by atoms with Crippen LogP contribution in [-0.4, -0.2) is 54.5 Å². The molecule has 0 bridgehead atoms. The molecule has 4 heteroatoms. The number of piperidine rings is 2. The second-order valence-corrected chi connectivity index (χ2v) is 8.07. The first-order valence-corrected chi connectivity index (χ1v) is 11.0. The fourth-order valence-electron chi connectivity index (χ4n) is 4.28. The van der Waals surface area contributed by atoms with Crippen LogP contribution in [0.1, 0.15) is 75.1 Å². The summed E-state index contributed by atoms with van der Waals surface area (Å²) < 4.78 is 5.72. The number of rotatable bonds is 8. The average Bonchev–Trinajstić information content (AvgIpc) is 2.73. The van der Waals surface area contributed by atoms with Crippen molar-refractivity contribution < 1.29 is 9.53 Å². The Morgan fingerprint density at radius 3 is 2.52 bits per heavy atom. The predicted octanol–water partition coefficient (Wildman–Crippen LogP) is 4.74. The van der Waals surface area contributed by atoms with Crippen LogP contribution in [0.3, 0.4) is 0 Å². The van der Waals surface area contributed by atoms with Gasteiger partial charge in [0.15, 0.2) is 0 Å². The lowest BCUT2D eigenvalue weighted by Gasteiger charge is -2.37. The number of carbonyl (C=O) groups is 1. The van der Waals surface area contributed by atoms with Crippen LogP contribution in [0.15, 0.2) is 24.3 Å². The molecule has 0 spiro atoms. The highest BCUT2D eigenvalue weighted by Crippen LogP contribution is 2.24. The molecule has 0 radical (unpaired) electrons. The molecule has 0 saturated carbocycles. The fourth-order valence-corrected chi connectivity index (χ4v) is 4.28. The lowest BCUT2D eigenvalue weighted by molar-refractivity contribution is 0.0579. The van der Waals surface area contributed by atoms with Gasteiger partial charge in [0, 0.05) is 24.7 Å². The van der Waals surface area contributed by atoms with Crippen LogP contribution in [0.4, 0.5) is 0 Å². The van der Waals surface area contributed by atoms with E-state index < -0.39 is 0 Å². The van der Waals surface area contributed by atoms with Crippen LogP contribution in [0.25, 0.3) is 0 Å². The summed E-state index contributed by atoms with van der Waals surface area (Å²) in [4.78, 5) is 17.8. The second-order valence-electron chi connectivity index (χ2n) is 8.07. The summed E-state index contributed by atoms with van der Waals surface area (Å²) in [5.41, 5.74) is 0.794. The van der Waals surface area contributed by atoms with Crippen molar-refractivity contribution in [3.63, 3.8) is 0 Å². The van der Waals surface area contributed by atoms with Crippen LogP contribution in [0.2, 0.25) is 0 Å². The van der Waals surface area contributed by atoms with Crippen LogP contribution in [-0.2, 0) is 0 Å². The van der Waals surface area contributed by atoms with Crippen LogP contribution < -0.4 is 4.74 Å². The molecule has 2 aliphatic rings. The molecule has 2 fully saturated rings. The third kappa shape index (κ3) is 5.97. The Hall–Kier alpha value is -1.55. The molecule has 4 nitrogen and oxygen atoms in total. The van der Waals surface area contributed by atoms with Gasteiger partial charge in [0.1, 0.15) is 5.75 Å². The third-order valence-electron chi connectivity index (χ3n) is 5.98. The highest BCUT2D eigenvalue weighted by atomic mass is 16.5. The minimum absolute atomic E-state index is 0.193. The Balaban J connectivity index is 1.55. The molecule has 1 aromatic carbocycles. The first kappa shape index (κ1) is 20.2. The van der Waals surface area contributed by atoms with E-state index in [0.29, 0.717) is 6.04 Å². The second kappa shape index (κ2) is 10.7. The number of amides is 1. The van der Waals surface area contributed by atoms with E-state index >= 15 is 0 Å². The summed E-state index contributed by atoms with van der Waals surface area (Å²) in [7, 11) is 0. The summed E-state index contributed by atoms with van der Waals surface area (Å²) in [6.07, 6.45) is 10.9. The van der Waals surface area contributed by atoms with Crippen LogP contribution >= 0.6 is 0 Å². The van der Waals surface area contributed by atoms with E-state index in [1.807, 2.05) is 24.3 Å². The van der Waals surface area contributed by atoms with Crippen LogP contribution in [0.5, 0.6) is 5.75 Å². The Morgan fingerprint density at radius 2 is 1.78 bits per heavy atom. The maximum atomic E-state index is 13.1. The molecule has 1 atom stereocenters. The van der Waals surface area contributed by atoms with Gasteiger partial charge in [-0.3, -0.25) is 4.79 Å². The summed E-state index contributed by atoms with van der Waals surface area (Å²) in [5, 5.41) is 0. The smallest absolute Gasteiger partial charge is 0.254 e. The minimum atomic E-state index is 0.193. The largest absolute Gasteiger partial charge is 0.494 e. The quantitative estimate of drug-likeness (QED) is 0.618. The van der Waals surface area contributed by atoms with E-state index in [2.05, 4.69) is 16.7 Å². The monoisotopic (exact) mass is 372 g/mol. The molecule has 27 heavy (non-hydrogen) atoms. The van der Waals surface area contributed by atoms with Gasteiger partial charge in [0.05, 0.1) is 6.61 Å². The highest BCUT2D eigenvalue weighted by Gasteiger charge is 2.28. The number of unbranched alkanes of at least 4 members (excludes halogenated alkanes) is 1. The average molecular weight is 373 g/mol. The Morgan fingerprint density at radius 1 is 1.04 bits per heavy atom. The zero-order valence-electron chi connectivity index (χ0n) is 17.0. The van der Waals surface area contributed by atoms with Gasteiger partial charge in [0.2, 0.25) is 0 Å². The molecule has 2 saturated heterocycles. The molecular weight excluding hydrogens is 336 g/mol. The number of hydrogen-bond acceptors (Lipinski definition) is 3. The van der Waals surface area contributed by atoms with Crippen molar-refractivity contribution in [1.29, 1.82) is 0 Å². The van der Waals surface area contributed by atoms with E-state index in [1.165, 1.54) is 38.8 Å². The molecule has 3 rings (SSSR count). The predicted molar refractivity (Wildman–Crippen MR) is 110 cm³/mol. The molecular formula is C23H36N2O2. The molecule has 0 aromatic heterocycles. The lowest BCUT2D eigenvalue weighted by atomic mass is 9.97. The van der Waals surface area contributed by atoms with Crippen LogP contribution in [0, 0.1) is 0 Å². The topological polar surface area (TPSA) is 32.8 Å². The summed E-state index contributed by atoms with van der Waals surface area (Å²) in [5.74, 6) is 1.05. The van der Waals surface area contributed by atoms with Crippen molar-refractivity contribution in [3.8, 4) is 5.75 Å². The number of nitrogens with zero attached hydrogens (tertiary/aromatic N) is 2. The van der Waals surface area contributed by atoms with Crippen molar-refractivity contribution in [2.45, 2.75) is 70.8 Å². The van der Waals surface area contributed by atoms with Crippen molar-refractivity contribution in [1.82, 2.24) is 9.80 Å². The van der Waals surface area contributed by atoms with Gasteiger partial charge in [-0.1, -0.05) is 19.8 Å². The van der Waals surface area contributed by atoms with E-state index in [1.54, 1.807) is 0 Å². The van der Waals surface area contributed by atoms with Gasteiger partial charge < -0.3 is 14.5 Å². The molecule has 0 N–H and O–H groups in total. The number of benzene rings is 1. The maximum Gasteiger partial charge on any atom is 0.254 e. The summed E-state index contributed by atoms with van der Waals surface area (Å²) in [6.45, 7) is 7.41. The van der Waals surface area contributed by atoms with Crippen molar-refractivity contribution >= 4 is 5.91 Å². The highest BCUT2D eigenvalue weighted by molar-refractivity contribution is 5.94. The molecule has 1 aromatic rings. The number of hydrogen-bond donors (Lipinski definition) is 0. The first-order valence-electron chi connectivity index (χ1n) is 11.0. The Kier molecular flexibility index (Phi) is 8.00. The van der Waals surface area contributed by atoms with Gasteiger partial charge >= 0.3 is 0 Å². The molecule has 2 aliphatic heterocycles. The Bertz CT molecular complexity index is 566. The SMILES string of the molecule is CCCCOc1ccc(C(=O)N2CCCC[C@H]2CCN2CCCCC2)cc1. The van der Waals surface area contributed by atoms with Crippen molar-refractivity contribution in [2.24, 2.45) is 0 Å². The molecule has 1 amide bonds. The zero-order chi connectivity index (χ0) is 18.9. The fraction of sp³-hybridized carbons (Fsp3) is 0.696. The minimum Gasteiger partial charge on any atom is -0.494 e. The normalized spacial score (nSPS) is 21.2. The van der Waals surface area contributed by atoms with Gasteiger partial charge in [-0.15, -0.1) is 0 Å². The third-order valence-corrected chi connectivity index (χ3v) is 5.98. The van der Waals surface area contributed by atoms with E-state index in [9.17, 15) is 4.79 Å². The molecule has 2 heterocycles. The van der Waals surface area contributed by atoms with E-state index in [-0.39, 0.29) is 5.91 Å². The number of ether oxygens (including phenoxy) is 1. The van der Waals surface area contributed by atoms with Crippen molar-refractivity contribution in [3.05, 3.63) is 29.8 Å². The maximum absolute atomic E-state index is 13.1. The Labute approximate surface area is 164 Å². The zero-order valence-corrected chi connectivity index (χ0v) is 17.0. The van der Waals surface area contributed by atoms with Gasteiger partial charge in [-0.05, 0) is 82.3 Å². The van der Waals surface area contributed by atoms with E-state index in [0.717, 1.165) is 63.1 Å². The van der Waals surface area contributed by atoms with Gasteiger partial charge in [-0.25, -0.2) is 0 Å². The molecule has 150 valence electrons. The summed E-state index contributed by atoms with van der Waals surface area (Å²) >= 11 is 0. The first-order chi connectivity index (χ1) is 13.3. The van der Waals surface area contributed by atoms with Gasteiger partial charge in [0.25, 0.3) is 5.91 Å². The van der Waals surface area contributed by atoms with Crippen molar-refractivity contribution in [2.75, 3.05) is 32.8 Å². The lowest BCUT2D eigenvalue weighted by Crippen LogP contribution is -2.45. The van der Waals surface area contributed by atoms with Gasteiger partial charge in [-0.2, -0.15) is 0 Å². The number of carbonyl (C=O) groups excluding carboxylic acids is 1. The molecule has 0 unspecified atom stereocenters. The standard InChI is InChI=1S/C23H36N2O2/c1-2-3-19-27-22-12-10-20(11-13-22)23(26)25-17-8-5-9-21(25)14-18-24-15-6-4-7-16-24/h10-13,21H,2-9,14-19H2,1H3/t21-/m0/s1.